The van der Waals surface area contributed by atoms with Gasteiger partial charge in [-0.15, -0.1) is 0 Å². The lowest BCUT2D eigenvalue weighted by Crippen LogP contribution is -2.15. The monoisotopic (exact) mass is 249 g/mol. The van der Waals surface area contributed by atoms with Crippen LogP contribution in [-0.4, -0.2) is 16.5 Å². The molecule has 0 aromatic carbocycles. The van der Waals surface area contributed by atoms with E-state index in [1.54, 1.807) is 12.4 Å². The third-order valence-corrected chi connectivity index (χ3v) is 3.13. The van der Waals surface area contributed by atoms with Crippen LogP contribution in [0.1, 0.15) is 64.0 Å². The molecule has 0 fully saturated rings. The summed E-state index contributed by atoms with van der Waals surface area (Å²) in [6, 6.07) is 0. The molecule has 0 spiro atoms. The predicted molar refractivity (Wildman–Crippen MR) is 76.3 cm³/mol. The second-order valence-electron chi connectivity index (χ2n) is 4.85. The maximum absolute atomic E-state index is 4.23. The number of hydrogen-bond acceptors (Lipinski definition) is 3. The van der Waals surface area contributed by atoms with Crippen molar-refractivity contribution in [1.82, 2.24) is 15.3 Å². The van der Waals surface area contributed by atoms with Gasteiger partial charge >= 0.3 is 0 Å². The number of rotatable bonds is 11. The number of hydrogen-bond donors (Lipinski definition) is 1. The van der Waals surface area contributed by atoms with E-state index >= 15 is 0 Å². The molecule has 1 N–H and O–H groups in total. The first kappa shape index (κ1) is 15.1. The highest BCUT2D eigenvalue weighted by Gasteiger charge is 1.94. The molecule has 0 saturated heterocycles. The Bertz CT molecular complexity index is 274. The Labute approximate surface area is 111 Å². The second-order valence-corrected chi connectivity index (χ2v) is 4.85. The largest absolute Gasteiger partial charge is 0.311 e. The van der Waals surface area contributed by atoms with E-state index in [1.807, 2.05) is 6.20 Å². The van der Waals surface area contributed by atoms with Crippen molar-refractivity contribution in [3.63, 3.8) is 0 Å². The fourth-order valence-corrected chi connectivity index (χ4v) is 2.02. The molecule has 102 valence electrons. The van der Waals surface area contributed by atoms with E-state index < -0.39 is 0 Å². The average molecular weight is 249 g/mol. The fraction of sp³-hybridized carbons (Fsp3) is 0.733. The van der Waals surface area contributed by atoms with Crippen molar-refractivity contribution in [2.24, 2.45) is 0 Å². The molecule has 0 bridgehead atoms. The first-order chi connectivity index (χ1) is 8.93. The van der Waals surface area contributed by atoms with Crippen LogP contribution in [0.15, 0.2) is 18.6 Å². The van der Waals surface area contributed by atoms with Crippen molar-refractivity contribution in [1.29, 1.82) is 0 Å². The Morgan fingerprint density at radius 3 is 2.33 bits per heavy atom. The maximum Gasteiger partial charge on any atom is 0.0724 e. The van der Waals surface area contributed by atoms with Gasteiger partial charge in [-0.3, -0.25) is 9.97 Å². The summed E-state index contributed by atoms with van der Waals surface area (Å²) in [5.74, 6) is 0. The third-order valence-electron chi connectivity index (χ3n) is 3.13. The van der Waals surface area contributed by atoms with Crippen molar-refractivity contribution in [3.8, 4) is 0 Å². The quantitative estimate of drug-likeness (QED) is 0.608. The highest BCUT2D eigenvalue weighted by molar-refractivity contribution is 4.93. The molecular weight excluding hydrogens is 222 g/mol. The van der Waals surface area contributed by atoms with Crippen molar-refractivity contribution in [3.05, 3.63) is 24.3 Å². The van der Waals surface area contributed by atoms with Crippen LogP contribution < -0.4 is 5.32 Å². The summed E-state index contributed by atoms with van der Waals surface area (Å²) in [7, 11) is 0. The summed E-state index contributed by atoms with van der Waals surface area (Å²) in [5.41, 5.74) is 1.03. The lowest BCUT2D eigenvalue weighted by atomic mass is 10.1. The molecule has 0 amide bonds. The van der Waals surface area contributed by atoms with Gasteiger partial charge in [-0.25, -0.2) is 0 Å². The molecule has 0 aliphatic carbocycles. The lowest BCUT2D eigenvalue weighted by Gasteiger charge is -2.04. The van der Waals surface area contributed by atoms with E-state index in [1.165, 1.54) is 51.4 Å². The molecule has 0 saturated carbocycles. The molecular formula is C15H27N3. The van der Waals surface area contributed by atoms with Gasteiger partial charge in [0, 0.05) is 25.1 Å². The van der Waals surface area contributed by atoms with E-state index in [4.69, 9.17) is 0 Å². The van der Waals surface area contributed by atoms with Crippen LogP contribution in [-0.2, 0) is 6.54 Å². The van der Waals surface area contributed by atoms with Crippen LogP contribution in [0.4, 0.5) is 0 Å². The summed E-state index contributed by atoms with van der Waals surface area (Å²) < 4.78 is 0. The zero-order chi connectivity index (χ0) is 12.9. The summed E-state index contributed by atoms with van der Waals surface area (Å²) >= 11 is 0. The van der Waals surface area contributed by atoms with Gasteiger partial charge in [-0.05, 0) is 13.0 Å². The minimum Gasteiger partial charge on any atom is -0.311 e. The minimum atomic E-state index is 0.838. The van der Waals surface area contributed by atoms with Crippen molar-refractivity contribution in [2.45, 2.75) is 64.8 Å². The molecule has 3 heteroatoms. The maximum atomic E-state index is 4.23. The van der Waals surface area contributed by atoms with E-state index in [-0.39, 0.29) is 0 Å². The van der Waals surface area contributed by atoms with E-state index in [2.05, 4.69) is 22.2 Å². The summed E-state index contributed by atoms with van der Waals surface area (Å²) in [4.78, 5) is 8.28. The lowest BCUT2D eigenvalue weighted by molar-refractivity contribution is 0.553. The topological polar surface area (TPSA) is 37.8 Å². The van der Waals surface area contributed by atoms with Crippen molar-refractivity contribution < 1.29 is 0 Å². The Hall–Kier alpha value is -0.960. The van der Waals surface area contributed by atoms with E-state index in [9.17, 15) is 0 Å². The third kappa shape index (κ3) is 8.18. The number of aromatic nitrogens is 2. The predicted octanol–water partition coefficient (Wildman–Crippen LogP) is 3.71. The molecule has 0 aliphatic heterocycles. The van der Waals surface area contributed by atoms with Crippen molar-refractivity contribution in [2.75, 3.05) is 6.54 Å². The van der Waals surface area contributed by atoms with Crippen molar-refractivity contribution >= 4 is 0 Å². The Balaban J connectivity index is 1.82. The van der Waals surface area contributed by atoms with Gasteiger partial charge < -0.3 is 5.32 Å². The smallest absolute Gasteiger partial charge is 0.0724 e. The van der Waals surface area contributed by atoms with Gasteiger partial charge in [0.1, 0.15) is 0 Å². The molecule has 1 aromatic rings. The Morgan fingerprint density at radius 1 is 0.944 bits per heavy atom. The molecule has 1 rings (SSSR count). The molecule has 18 heavy (non-hydrogen) atoms. The van der Waals surface area contributed by atoms with Gasteiger partial charge in [0.05, 0.1) is 5.69 Å². The molecule has 1 aromatic heterocycles. The average Bonchev–Trinajstić information content (AvgIpc) is 2.42. The molecule has 3 nitrogen and oxygen atoms in total. The van der Waals surface area contributed by atoms with Gasteiger partial charge in [-0.1, -0.05) is 51.9 Å². The molecule has 1 heterocycles. The van der Waals surface area contributed by atoms with Crippen LogP contribution in [0, 0.1) is 0 Å². The van der Waals surface area contributed by atoms with Gasteiger partial charge in [0.25, 0.3) is 0 Å². The van der Waals surface area contributed by atoms with Crippen LogP contribution in [0.2, 0.25) is 0 Å². The van der Waals surface area contributed by atoms with E-state index in [0.29, 0.717) is 0 Å². The van der Waals surface area contributed by atoms with Crippen LogP contribution in [0.3, 0.4) is 0 Å². The first-order valence-corrected chi connectivity index (χ1v) is 7.39. The summed E-state index contributed by atoms with van der Waals surface area (Å²) in [6.07, 6.45) is 16.3. The van der Waals surface area contributed by atoms with Gasteiger partial charge in [0.2, 0.25) is 0 Å². The zero-order valence-electron chi connectivity index (χ0n) is 11.7. The van der Waals surface area contributed by atoms with Crippen LogP contribution in [0.25, 0.3) is 0 Å². The molecule has 0 aliphatic rings. The van der Waals surface area contributed by atoms with Gasteiger partial charge in [0.15, 0.2) is 0 Å². The van der Waals surface area contributed by atoms with E-state index in [0.717, 1.165) is 18.8 Å². The van der Waals surface area contributed by atoms with Crippen LogP contribution >= 0.6 is 0 Å². The SMILES string of the molecule is CCCCCCCCCCNCc1cnccn1. The number of unbranched alkanes of at least 4 members (excludes halogenated alkanes) is 7. The minimum absolute atomic E-state index is 0.838. The Morgan fingerprint density at radius 2 is 1.67 bits per heavy atom. The highest BCUT2D eigenvalue weighted by Crippen LogP contribution is 2.07. The fourth-order valence-electron chi connectivity index (χ4n) is 2.02. The number of nitrogens with one attached hydrogen (secondary N) is 1. The molecule has 0 unspecified atom stereocenters. The summed E-state index contributed by atoms with van der Waals surface area (Å²) in [5, 5.41) is 3.41. The van der Waals surface area contributed by atoms with Gasteiger partial charge in [-0.2, -0.15) is 0 Å². The number of nitrogens with zero attached hydrogens (tertiary/aromatic N) is 2. The second kappa shape index (κ2) is 11.1. The summed E-state index contributed by atoms with van der Waals surface area (Å²) in [6.45, 7) is 4.19. The highest BCUT2D eigenvalue weighted by atomic mass is 14.9. The first-order valence-electron chi connectivity index (χ1n) is 7.39. The van der Waals surface area contributed by atoms with Crippen LogP contribution in [0.5, 0.6) is 0 Å². The molecule has 0 atom stereocenters. The molecule has 0 radical (unpaired) electrons. The Kier molecular flexibility index (Phi) is 9.35. The normalized spacial score (nSPS) is 10.7. The standard InChI is InChI=1S/C15H27N3/c1-2-3-4-5-6-7-8-9-10-16-13-15-14-17-11-12-18-15/h11-12,14,16H,2-10,13H2,1H3. The zero-order valence-corrected chi connectivity index (χ0v) is 11.7.